The van der Waals surface area contributed by atoms with E-state index in [1.54, 1.807) is 24.8 Å². The number of anilines is 1. The summed E-state index contributed by atoms with van der Waals surface area (Å²) in [6, 6.07) is 2.76. The number of benzene rings is 1. The van der Waals surface area contributed by atoms with Crippen LogP contribution < -0.4 is 20.7 Å². The fraction of sp³-hybridized carbons (Fsp3) is 0.583. The minimum atomic E-state index is -4.03. The molecular formula is C36H49F3N6O5. The van der Waals surface area contributed by atoms with E-state index < -0.39 is 47.1 Å². The van der Waals surface area contributed by atoms with Crippen LogP contribution in [0.4, 0.5) is 18.9 Å². The molecule has 0 unspecified atom stereocenters. The quantitative estimate of drug-likeness (QED) is 0.261. The number of carbonyl (C=O) groups is 4. The number of rotatable bonds is 13. The summed E-state index contributed by atoms with van der Waals surface area (Å²) in [7, 11) is 3.25. The fourth-order valence-electron chi connectivity index (χ4n) is 6.47. The first-order valence-electron chi connectivity index (χ1n) is 17.4. The number of amides is 4. The van der Waals surface area contributed by atoms with E-state index in [0.29, 0.717) is 31.7 Å². The van der Waals surface area contributed by atoms with E-state index in [9.17, 15) is 19.2 Å². The van der Waals surface area contributed by atoms with Gasteiger partial charge in [-0.3, -0.25) is 24.2 Å². The van der Waals surface area contributed by atoms with E-state index in [0.717, 1.165) is 50.8 Å². The van der Waals surface area contributed by atoms with Crippen molar-refractivity contribution in [3.63, 3.8) is 0 Å². The number of halogens is 3. The molecule has 2 heterocycles. The standard InChI is InChI=1S/C36H49F3N6O5/c1-5-31(46)43-32(34(48)45-16-14-44(3)15-17-45)23(2)25-12-13-29(28(37)19-25)41-33(47)30(18-24-10-8-6-7-9-11-24)42-35(49)36(38,39)26-20-27(50-4)22-40-21-26/h12-13,19-24,30,32H,5-11,14-18H2,1-4H3,(H,41,47)(H,42,49)(H,43,46)/t23-,30-,32+/m0/s1. The van der Waals surface area contributed by atoms with Crippen LogP contribution in [-0.2, 0) is 25.1 Å². The Balaban J connectivity index is 1.53. The Labute approximate surface area is 291 Å². The highest BCUT2D eigenvalue weighted by Gasteiger charge is 2.43. The number of carbonyl (C=O) groups excluding carboxylic acids is 4. The number of hydrogen-bond donors (Lipinski definition) is 3. The number of nitrogens with one attached hydrogen (secondary N) is 3. The second-order valence-electron chi connectivity index (χ2n) is 13.4. The molecule has 3 atom stereocenters. The molecule has 0 radical (unpaired) electrons. The van der Waals surface area contributed by atoms with Crippen molar-refractivity contribution in [2.75, 3.05) is 45.7 Å². The molecule has 1 saturated heterocycles. The lowest BCUT2D eigenvalue weighted by atomic mass is 9.91. The van der Waals surface area contributed by atoms with Gasteiger partial charge in [-0.05, 0) is 43.1 Å². The van der Waals surface area contributed by atoms with Crippen LogP contribution in [0.2, 0.25) is 0 Å². The van der Waals surface area contributed by atoms with Crippen molar-refractivity contribution >= 4 is 29.3 Å². The molecule has 1 aliphatic heterocycles. The van der Waals surface area contributed by atoms with Gasteiger partial charge in [0.1, 0.15) is 23.7 Å². The highest BCUT2D eigenvalue weighted by molar-refractivity contribution is 5.98. The Hall–Kier alpha value is -4.20. The first-order valence-corrected chi connectivity index (χ1v) is 17.4. The van der Waals surface area contributed by atoms with Crippen LogP contribution in [0.3, 0.4) is 0 Å². The van der Waals surface area contributed by atoms with Crippen molar-refractivity contribution in [1.82, 2.24) is 25.4 Å². The summed E-state index contributed by atoms with van der Waals surface area (Å²) < 4.78 is 51.3. The van der Waals surface area contributed by atoms with Gasteiger partial charge in [0.15, 0.2) is 0 Å². The van der Waals surface area contributed by atoms with Gasteiger partial charge in [0.2, 0.25) is 17.7 Å². The Morgan fingerprint density at radius 2 is 1.68 bits per heavy atom. The molecule has 1 aromatic carbocycles. The van der Waals surface area contributed by atoms with Crippen LogP contribution in [0, 0.1) is 11.7 Å². The zero-order valence-corrected chi connectivity index (χ0v) is 29.3. The summed E-state index contributed by atoms with van der Waals surface area (Å²) in [5.41, 5.74) is -0.494. The van der Waals surface area contributed by atoms with Crippen molar-refractivity contribution in [3.8, 4) is 5.75 Å². The number of hydrogen-bond acceptors (Lipinski definition) is 7. The van der Waals surface area contributed by atoms with E-state index in [1.165, 1.54) is 25.4 Å². The van der Waals surface area contributed by atoms with Crippen LogP contribution >= 0.6 is 0 Å². The lowest BCUT2D eigenvalue weighted by Crippen LogP contribution is -2.55. The van der Waals surface area contributed by atoms with Crippen molar-refractivity contribution in [2.45, 2.75) is 89.1 Å². The number of likely N-dealkylation sites (N-methyl/N-ethyl adjacent to an activating group) is 1. The third-order valence-electron chi connectivity index (χ3n) is 9.76. The maximum atomic E-state index is 15.7. The SMILES string of the molecule is CCC(=O)N[C@@H](C(=O)N1CCN(C)CC1)[C@@H](C)c1ccc(NC(=O)[C@H](CC2CCCCCC2)NC(=O)C(F)(F)c2cncc(OC)c2)c(F)c1. The summed E-state index contributed by atoms with van der Waals surface area (Å²) in [6.07, 6.45) is 7.81. The third kappa shape index (κ3) is 9.95. The molecule has 11 nitrogen and oxygen atoms in total. The van der Waals surface area contributed by atoms with E-state index in [-0.39, 0.29) is 42.0 Å². The molecule has 3 N–H and O–H groups in total. The molecule has 274 valence electrons. The normalized spacial score (nSPS) is 17.9. The molecule has 2 fully saturated rings. The highest BCUT2D eigenvalue weighted by atomic mass is 19.3. The summed E-state index contributed by atoms with van der Waals surface area (Å²) >= 11 is 0. The zero-order valence-electron chi connectivity index (χ0n) is 29.3. The third-order valence-corrected chi connectivity index (χ3v) is 9.76. The summed E-state index contributed by atoms with van der Waals surface area (Å²) in [5, 5.41) is 7.53. The Morgan fingerprint density at radius 1 is 1.00 bits per heavy atom. The molecule has 1 aromatic heterocycles. The molecule has 1 saturated carbocycles. The first-order chi connectivity index (χ1) is 23.8. The Bertz CT molecular complexity index is 1490. The van der Waals surface area contributed by atoms with Crippen molar-refractivity contribution < 1.29 is 37.1 Å². The fourth-order valence-corrected chi connectivity index (χ4v) is 6.47. The van der Waals surface area contributed by atoms with Crippen LogP contribution in [0.25, 0.3) is 0 Å². The highest BCUT2D eigenvalue weighted by Crippen LogP contribution is 2.32. The van der Waals surface area contributed by atoms with Gasteiger partial charge < -0.3 is 30.5 Å². The Morgan fingerprint density at radius 3 is 2.30 bits per heavy atom. The van der Waals surface area contributed by atoms with Gasteiger partial charge >= 0.3 is 5.92 Å². The maximum Gasteiger partial charge on any atom is 0.351 e. The number of ether oxygens (including phenoxy) is 1. The molecule has 4 rings (SSSR count). The predicted molar refractivity (Wildman–Crippen MR) is 182 cm³/mol. The molecule has 0 bridgehead atoms. The number of piperazine rings is 1. The molecule has 50 heavy (non-hydrogen) atoms. The van der Waals surface area contributed by atoms with Crippen LogP contribution in [-0.4, -0.2) is 90.8 Å². The number of pyridine rings is 1. The van der Waals surface area contributed by atoms with Crippen LogP contribution in [0.5, 0.6) is 5.75 Å². The minimum absolute atomic E-state index is 0.00170. The van der Waals surface area contributed by atoms with Crippen molar-refractivity contribution in [2.24, 2.45) is 5.92 Å². The Kier molecular flexibility index (Phi) is 13.6. The van der Waals surface area contributed by atoms with Crippen molar-refractivity contribution in [1.29, 1.82) is 0 Å². The average Bonchev–Trinajstić information content (AvgIpc) is 3.39. The lowest BCUT2D eigenvalue weighted by molar-refractivity contribution is -0.149. The van der Waals surface area contributed by atoms with Gasteiger partial charge in [-0.2, -0.15) is 8.78 Å². The van der Waals surface area contributed by atoms with E-state index >= 15 is 13.2 Å². The van der Waals surface area contributed by atoms with Crippen LogP contribution in [0.15, 0.2) is 36.7 Å². The van der Waals surface area contributed by atoms with Gasteiger partial charge in [-0.15, -0.1) is 0 Å². The number of methoxy groups -OCH3 is 1. The number of nitrogens with zero attached hydrogens (tertiary/aromatic N) is 3. The van der Waals surface area contributed by atoms with E-state index in [2.05, 4.69) is 25.8 Å². The second kappa shape index (κ2) is 17.6. The minimum Gasteiger partial charge on any atom is -0.495 e. The van der Waals surface area contributed by atoms with Gasteiger partial charge in [0.05, 0.1) is 24.6 Å². The van der Waals surface area contributed by atoms with Gasteiger partial charge in [-0.25, -0.2) is 4.39 Å². The summed E-state index contributed by atoms with van der Waals surface area (Å²) in [5.74, 6) is -8.52. The van der Waals surface area contributed by atoms with E-state index in [4.69, 9.17) is 4.74 Å². The number of aromatic nitrogens is 1. The largest absolute Gasteiger partial charge is 0.495 e. The maximum absolute atomic E-state index is 15.7. The lowest BCUT2D eigenvalue weighted by Gasteiger charge is -2.36. The predicted octanol–water partition coefficient (Wildman–Crippen LogP) is 4.58. The van der Waals surface area contributed by atoms with E-state index in [1.807, 2.05) is 7.05 Å². The number of alkyl halides is 2. The van der Waals surface area contributed by atoms with Crippen LogP contribution in [0.1, 0.15) is 82.3 Å². The van der Waals surface area contributed by atoms with Gasteiger partial charge in [-0.1, -0.05) is 58.4 Å². The summed E-state index contributed by atoms with van der Waals surface area (Å²) in [4.78, 5) is 60.1. The molecule has 0 spiro atoms. The molecule has 4 amide bonds. The molecule has 2 aliphatic rings. The van der Waals surface area contributed by atoms with Crippen molar-refractivity contribution in [3.05, 3.63) is 53.6 Å². The monoisotopic (exact) mass is 702 g/mol. The molecule has 1 aliphatic carbocycles. The second-order valence-corrected chi connectivity index (χ2v) is 13.4. The average molecular weight is 703 g/mol. The zero-order chi connectivity index (χ0) is 36.4. The van der Waals surface area contributed by atoms with Gasteiger partial charge in [0.25, 0.3) is 5.91 Å². The molecular weight excluding hydrogens is 653 g/mol. The topological polar surface area (TPSA) is 133 Å². The first kappa shape index (κ1) is 38.6. The summed E-state index contributed by atoms with van der Waals surface area (Å²) in [6.45, 7) is 5.78. The smallest absolute Gasteiger partial charge is 0.351 e. The molecule has 14 heteroatoms. The molecule has 2 aromatic rings. The van der Waals surface area contributed by atoms with Gasteiger partial charge in [0, 0.05) is 44.7 Å².